The highest BCUT2D eigenvalue weighted by Crippen LogP contribution is 2.48. The minimum atomic E-state index is -3.36. The maximum Gasteiger partial charge on any atom is 0.348 e. The predicted molar refractivity (Wildman–Crippen MR) is 77.7 cm³/mol. The number of alkyl halides is 2. The van der Waals surface area contributed by atoms with Crippen LogP contribution in [0.3, 0.4) is 0 Å². The predicted octanol–water partition coefficient (Wildman–Crippen LogP) is 3.41. The van der Waals surface area contributed by atoms with Gasteiger partial charge in [0.25, 0.3) is 5.91 Å². The number of ether oxygens (including phenoxy) is 1. The van der Waals surface area contributed by atoms with Crippen molar-refractivity contribution in [1.82, 2.24) is 4.90 Å². The van der Waals surface area contributed by atoms with Crippen LogP contribution in [0.1, 0.15) is 17.2 Å². The normalized spacial score (nSPS) is 19.7. The zero-order chi connectivity index (χ0) is 15.7. The number of hydrogen-bond donors (Lipinski definition) is 0. The molecule has 5 heteroatoms. The fourth-order valence-electron chi connectivity index (χ4n) is 2.67. The van der Waals surface area contributed by atoms with E-state index >= 15 is 0 Å². The van der Waals surface area contributed by atoms with Crippen LogP contribution in [-0.2, 0) is 11.3 Å². The standard InChI is InChI=1S/C17H15F2NO2/c1-22-14-9-7-13(8-10-14)15-17(18,19)16(21)20(15)11-12-5-3-2-4-6-12/h2-10,15H,11H2,1H3/t15-/m1/s1. The Balaban J connectivity index is 1.87. The smallest absolute Gasteiger partial charge is 0.348 e. The van der Waals surface area contributed by atoms with Gasteiger partial charge in [-0.1, -0.05) is 42.5 Å². The van der Waals surface area contributed by atoms with Crippen molar-refractivity contribution in [2.45, 2.75) is 18.5 Å². The third kappa shape index (κ3) is 2.32. The quantitative estimate of drug-likeness (QED) is 0.810. The molecular formula is C17H15F2NO2. The third-order valence-corrected chi connectivity index (χ3v) is 3.83. The number of likely N-dealkylation sites (tertiary alicyclic amines) is 1. The summed E-state index contributed by atoms with van der Waals surface area (Å²) in [5.41, 5.74) is 1.23. The molecular weight excluding hydrogens is 288 g/mol. The third-order valence-electron chi connectivity index (χ3n) is 3.83. The molecule has 3 rings (SSSR count). The number of halogens is 2. The van der Waals surface area contributed by atoms with Gasteiger partial charge in [-0.2, -0.15) is 8.78 Å². The average Bonchev–Trinajstić information content (AvgIpc) is 2.55. The van der Waals surface area contributed by atoms with Gasteiger partial charge in [-0.3, -0.25) is 4.79 Å². The zero-order valence-electron chi connectivity index (χ0n) is 12.0. The van der Waals surface area contributed by atoms with Gasteiger partial charge in [0.05, 0.1) is 7.11 Å². The van der Waals surface area contributed by atoms with Gasteiger partial charge in [0.2, 0.25) is 0 Å². The summed E-state index contributed by atoms with van der Waals surface area (Å²) in [5, 5.41) is 0. The van der Waals surface area contributed by atoms with E-state index in [4.69, 9.17) is 4.74 Å². The van der Waals surface area contributed by atoms with Gasteiger partial charge in [-0.05, 0) is 23.3 Å². The van der Waals surface area contributed by atoms with Gasteiger partial charge in [0.1, 0.15) is 11.8 Å². The number of hydrogen-bond acceptors (Lipinski definition) is 2. The largest absolute Gasteiger partial charge is 0.497 e. The van der Waals surface area contributed by atoms with Gasteiger partial charge in [-0.25, -0.2) is 0 Å². The van der Waals surface area contributed by atoms with Crippen LogP contribution in [0.5, 0.6) is 5.75 Å². The van der Waals surface area contributed by atoms with Crippen molar-refractivity contribution >= 4 is 5.91 Å². The van der Waals surface area contributed by atoms with Crippen molar-refractivity contribution in [3.8, 4) is 5.75 Å². The van der Waals surface area contributed by atoms with Gasteiger partial charge in [0.15, 0.2) is 0 Å². The highest BCUT2D eigenvalue weighted by molar-refractivity contribution is 5.91. The van der Waals surface area contributed by atoms with Crippen LogP contribution in [-0.4, -0.2) is 23.8 Å². The van der Waals surface area contributed by atoms with E-state index in [-0.39, 0.29) is 6.54 Å². The molecule has 0 bridgehead atoms. The molecule has 0 radical (unpaired) electrons. The van der Waals surface area contributed by atoms with Crippen LogP contribution in [0.15, 0.2) is 54.6 Å². The maximum atomic E-state index is 14.0. The molecule has 1 heterocycles. The molecule has 1 atom stereocenters. The van der Waals surface area contributed by atoms with E-state index in [1.807, 2.05) is 30.3 Å². The molecule has 0 saturated carbocycles. The second kappa shape index (κ2) is 5.40. The zero-order valence-corrected chi connectivity index (χ0v) is 12.0. The Morgan fingerprint density at radius 3 is 2.32 bits per heavy atom. The van der Waals surface area contributed by atoms with Gasteiger partial charge in [0, 0.05) is 6.54 Å². The molecule has 0 N–H and O–H groups in total. The number of benzene rings is 2. The highest BCUT2D eigenvalue weighted by atomic mass is 19.3. The van der Waals surface area contributed by atoms with Crippen molar-refractivity contribution in [3.63, 3.8) is 0 Å². The minimum Gasteiger partial charge on any atom is -0.497 e. The molecule has 3 nitrogen and oxygen atoms in total. The van der Waals surface area contributed by atoms with Crippen LogP contribution in [0.25, 0.3) is 0 Å². The number of methoxy groups -OCH3 is 1. The average molecular weight is 303 g/mol. The molecule has 1 aliphatic heterocycles. The first-order valence-corrected chi connectivity index (χ1v) is 6.91. The Morgan fingerprint density at radius 1 is 1.09 bits per heavy atom. The number of carbonyl (C=O) groups is 1. The monoisotopic (exact) mass is 303 g/mol. The minimum absolute atomic E-state index is 0.173. The van der Waals surface area contributed by atoms with E-state index in [2.05, 4.69) is 0 Å². The van der Waals surface area contributed by atoms with E-state index < -0.39 is 17.9 Å². The lowest BCUT2D eigenvalue weighted by atomic mass is 9.89. The number of nitrogens with zero attached hydrogens (tertiary/aromatic N) is 1. The topological polar surface area (TPSA) is 29.5 Å². The second-order valence-electron chi connectivity index (χ2n) is 5.22. The summed E-state index contributed by atoms with van der Waals surface area (Å²) in [6.07, 6.45) is 0. The van der Waals surface area contributed by atoms with E-state index in [1.54, 1.807) is 24.3 Å². The lowest BCUT2D eigenvalue weighted by Crippen LogP contribution is -2.63. The molecule has 1 fully saturated rings. The maximum absolute atomic E-state index is 14.0. The van der Waals surface area contributed by atoms with E-state index in [0.29, 0.717) is 11.3 Å². The molecule has 0 spiro atoms. The summed E-state index contributed by atoms with van der Waals surface area (Å²) in [5.74, 6) is -3.90. The van der Waals surface area contributed by atoms with Crippen LogP contribution in [0, 0.1) is 0 Å². The van der Waals surface area contributed by atoms with Gasteiger partial charge < -0.3 is 9.64 Å². The van der Waals surface area contributed by atoms with Crippen LogP contribution in [0.4, 0.5) is 8.78 Å². The Bertz CT molecular complexity index is 671. The summed E-state index contributed by atoms with van der Waals surface area (Å²) >= 11 is 0. The number of amides is 1. The van der Waals surface area contributed by atoms with Crippen molar-refractivity contribution in [2.75, 3.05) is 7.11 Å². The van der Waals surface area contributed by atoms with Gasteiger partial charge >= 0.3 is 5.92 Å². The Labute approximate surface area is 127 Å². The molecule has 1 amide bonds. The fraction of sp³-hybridized carbons (Fsp3) is 0.235. The Morgan fingerprint density at radius 2 is 1.73 bits per heavy atom. The summed E-state index contributed by atoms with van der Waals surface area (Å²) in [6.45, 7) is 0.173. The van der Waals surface area contributed by atoms with Crippen molar-refractivity contribution in [1.29, 1.82) is 0 Å². The fourth-order valence-corrected chi connectivity index (χ4v) is 2.67. The summed E-state index contributed by atoms with van der Waals surface area (Å²) in [4.78, 5) is 13.0. The first-order chi connectivity index (χ1) is 10.5. The Hall–Kier alpha value is -2.43. The molecule has 2 aromatic carbocycles. The lowest BCUT2D eigenvalue weighted by molar-refractivity contribution is -0.207. The van der Waals surface area contributed by atoms with E-state index in [0.717, 1.165) is 5.56 Å². The lowest BCUT2D eigenvalue weighted by Gasteiger charge is -2.46. The van der Waals surface area contributed by atoms with E-state index in [1.165, 1.54) is 12.0 Å². The number of carbonyl (C=O) groups excluding carboxylic acids is 1. The first kappa shape index (κ1) is 14.5. The second-order valence-corrected chi connectivity index (χ2v) is 5.22. The molecule has 0 unspecified atom stereocenters. The van der Waals surface area contributed by atoms with Crippen LogP contribution >= 0.6 is 0 Å². The SMILES string of the molecule is COc1ccc([C@H]2N(Cc3ccccc3)C(=O)C2(F)F)cc1. The van der Waals surface area contributed by atoms with Crippen molar-refractivity contribution in [2.24, 2.45) is 0 Å². The molecule has 2 aromatic rings. The first-order valence-electron chi connectivity index (χ1n) is 6.91. The molecule has 1 saturated heterocycles. The summed E-state index contributed by atoms with van der Waals surface area (Å²) in [6, 6.07) is 14.3. The number of β-lactam (4-membered cyclic amide) rings is 1. The van der Waals surface area contributed by atoms with Crippen molar-refractivity contribution in [3.05, 3.63) is 65.7 Å². The van der Waals surface area contributed by atoms with Gasteiger partial charge in [-0.15, -0.1) is 0 Å². The van der Waals surface area contributed by atoms with Crippen LogP contribution < -0.4 is 4.74 Å². The summed E-state index contributed by atoms with van der Waals surface area (Å²) in [7, 11) is 1.51. The highest BCUT2D eigenvalue weighted by Gasteiger charge is 2.63. The molecule has 114 valence electrons. The van der Waals surface area contributed by atoms with Crippen molar-refractivity contribution < 1.29 is 18.3 Å². The van der Waals surface area contributed by atoms with E-state index in [9.17, 15) is 13.6 Å². The summed E-state index contributed by atoms with van der Waals surface area (Å²) < 4.78 is 33.0. The molecule has 1 aliphatic rings. The molecule has 0 aliphatic carbocycles. The van der Waals surface area contributed by atoms with Crippen LogP contribution in [0.2, 0.25) is 0 Å². The molecule has 0 aromatic heterocycles. The molecule has 22 heavy (non-hydrogen) atoms. The number of rotatable bonds is 4. The Kier molecular flexibility index (Phi) is 3.56.